The van der Waals surface area contributed by atoms with E-state index in [4.69, 9.17) is 16.3 Å². The lowest BCUT2D eigenvalue weighted by Crippen LogP contribution is -2.44. The molecule has 2 unspecified atom stereocenters. The number of rotatable bonds is 3. The van der Waals surface area contributed by atoms with Gasteiger partial charge in [-0.1, -0.05) is 0 Å². The third kappa shape index (κ3) is 2.71. The lowest BCUT2D eigenvalue weighted by atomic mass is 10.0. The summed E-state index contributed by atoms with van der Waals surface area (Å²) in [5, 5.41) is 0.306. The van der Waals surface area contributed by atoms with Gasteiger partial charge in [0.1, 0.15) is 0 Å². The van der Waals surface area contributed by atoms with Crippen LogP contribution in [0.3, 0.4) is 0 Å². The van der Waals surface area contributed by atoms with E-state index in [1.165, 1.54) is 12.8 Å². The molecule has 3 rings (SSSR count). The molecule has 0 N–H and O–H groups in total. The van der Waals surface area contributed by atoms with Crippen molar-refractivity contribution in [3.8, 4) is 5.88 Å². The maximum atomic E-state index is 6.34. The van der Waals surface area contributed by atoms with Crippen molar-refractivity contribution in [2.24, 2.45) is 0 Å². The minimum Gasteiger partial charge on any atom is -0.475 e. The molecule has 2 aliphatic heterocycles. The quantitative estimate of drug-likeness (QED) is 0.802. The maximum absolute atomic E-state index is 6.34. The van der Waals surface area contributed by atoms with Crippen molar-refractivity contribution in [3.63, 3.8) is 0 Å². The average Bonchev–Trinajstić information content (AvgIpc) is 2.60. The number of halogens is 1. The van der Waals surface area contributed by atoms with Gasteiger partial charge >= 0.3 is 0 Å². The number of aryl methyl sites for hydroxylation is 1. The summed E-state index contributed by atoms with van der Waals surface area (Å²) in [6, 6.07) is 2.88. The Morgan fingerprint density at radius 3 is 2.50 bits per heavy atom. The van der Waals surface area contributed by atoms with E-state index < -0.39 is 0 Å². The summed E-state index contributed by atoms with van der Waals surface area (Å²) in [6.07, 6.45) is 4.60. The first-order valence-corrected chi connectivity index (χ1v) is 7.91. The van der Waals surface area contributed by atoms with Gasteiger partial charge in [0.05, 0.1) is 6.10 Å². The van der Waals surface area contributed by atoms with Crippen molar-refractivity contribution < 1.29 is 4.74 Å². The fraction of sp³-hybridized carbons (Fsp3) is 0.733. The molecule has 1 aromatic heterocycles. The van der Waals surface area contributed by atoms with E-state index in [0.29, 0.717) is 23.3 Å². The lowest BCUT2D eigenvalue weighted by Gasteiger charge is -2.37. The summed E-state index contributed by atoms with van der Waals surface area (Å²) in [5.41, 5.74) is 0.957. The van der Waals surface area contributed by atoms with Crippen molar-refractivity contribution in [2.45, 2.75) is 70.0 Å². The molecule has 2 fully saturated rings. The summed E-state index contributed by atoms with van der Waals surface area (Å²) in [6.45, 7) is 6.02. The predicted octanol–water partition coefficient (Wildman–Crippen LogP) is 3.31. The Morgan fingerprint density at radius 2 is 1.90 bits per heavy atom. The molecule has 2 saturated heterocycles. The number of piperidine rings is 1. The van der Waals surface area contributed by atoms with Crippen LogP contribution >= 0.6 is 11.6 Å². The minimum atomic E-state index is 0.127. The predicted molar refractivity (Wildman–Crippen MR) is 80.7 cm³/mol. The highest BCUT2D eigenvalue weighted by Crippen LogP contribution is 2.40. The van der Waals surface area contributed by atoms with Crippen LogP contribution in [0.1, 0.15) is 45.2 Å². The number of hydrogen-bond acceptors (Lipinski definition) is 4. The first-order chi connectivity index (χ1) is 9.52. The first-order valence-electron chi connectivity index (χ1n) is 7.47. The van der Waals surface area contributed by atoms with Crippen LogP contribution in [0, 0.1) is 6.92 Å². The molecule has 0 aromatic carbocycles. The second kappa shape index (κ2) is 5.40. The Hall–Kier alpha value is -1.03. The fourth-order valence-electron chi connectivity index (χ4n) is 3.38. The zero-order valence-corrected chi connectivity index (χ0v) is 13.1. The number of anilines is 1. The van der Waals surface area contributed by atoms with Gasteiger partial charge in [0.2, 0.25) is 11.8 Å². The van der Waals surface area contributed by atoms with Crippen LogP contribution in [0.15, 0.2) is 6.07 Å². The molecular weight excluding hydrogens is 274 g/mol. The van der Waals surface area contributed by atoms with Gasteiger partial charge in [-0.2, -0.15) is 4.98 Å². The third-order valence-corrected chi connectivity index (χ3v) is 4.44. The fourth-order valence-corrected chi connectivity index (χ4v) is 3.79. The number of aromatic nitrogens is 2. The summed E-state index contributed by atoms with van der Waals surface area (Å²) in [4.78, 5) is 11.6. The van der Waals surface area contributed by atoms with Gasteiger partial charge in [0.15, 0.2) is 0 Å². The SMILES string of the molecule is Cc1cc(OC(C)C)nc(N2C3CCC2CC(Cl)C3)n1. The van der Waals surface area contributed by atoms with Crippen LogP contribution in [0.4, 0.5) is 5.95 Å². The van der Waals surface area contributed by atoms with Gasteiger partial charge in [-0.05, 0) is 46.5 Å². The third-order valence-electron chi connectivity index (χ3n) is 4.08. The average molecular weight is 296 g/mol. The van der Waals surface area contributed by atoms with Crippen LogP contribution in [-0.4, -0.2) is 33.5 Å². The second-order valence-corrected chi connectivity index (χ2v) is 6.79. The normalized spacial score (nSPS) is 29.1. The molecule has 1 aromatic rings. The molecule has 2 bridgehead atoms. The molecule has 2 atom stereocenters. The molecule has 20 heavy (non-hydrogen) atoms. The summed E-state index contributed by atoms with van der Waals surface area (Å²) in [7, 11) is 0. The van der Waals surface area contributed by atoms with Gasteiger partial charge in [-0.25, -0.2) is 4.98 Å². The molecule has 3 heterocycles. The zero-order valence-electron chi connectivity index (χ0n) is 12.3. The van der Waals surface area contributed by atoms with Crippen LogP contribution in [-0.2, 0) is 0 Å². The number of alkyl halides is 1. The Morgan fingerprint density at radius 1 is 1.25 bits per heavy atom. The van der Waals surface area contributed by atoms with E-state index in [0.717, 1.165) is 24.5 Å². The Labute approximate surface area is 125 Å². The topological polar surface area (TPSA) is 38.2 Å². The van der Waals surface area contributed by atoms with Gasteiger partial charge < -0.3 is 9.64 Å². The number of ether oxygens (including phenoxy) is 1. The van der Waals surface area contributed by atoms with E-state index in [9.17, 15) is 0 Å². The minimum absolute atomic E-state index is 0.127. The number of nitrogens with zero attached hydrogens (tertiary/aromatic N) is 3. The first kappa shape index (κ1) is 13.9. The highest BCUT2D eigenvalue weighted by Gasteiger charge is 2.41. The van der Waals surface area contributed by atoms with Gasteiger partial charge in [-0.15, -0.1) is 11.6 Å². The molecule has 0 aliphatic carbocycles. The molecule has 0 amide bonds. The highest BCUT2D eigenvalue weighted by molar-refractivity contribution is 6.20. The summed E-state index contributed by atoms with van der Waals surface area (Å²) in [5.74, 6) is 1.49. The Bertz CT molecular complexity index is 480. The van der Waals surface area contributed by atoms with Crippen molar-refractivity contribution in [3.05, 3.63) is 11.8 Å². The standard InChI is InChI=1S/C15H22ClN3O/c1-9(2)20-14-6-10(3)17-15(18-14)19-12-4-5-13(19)8-11(16)7-12/h6,9,11-13H,4-5,7-8H2,1-3H3. The molecule has 0 saturated carbocycles. The largest absolute Gasteiger partial charge is 0.475 e. The van der Waals surface area contributed by atoms with E-state index in [1.54, 1.807) is 0 Å². The second-order valence-electron chi connectivity index (χ2n) is 6.18. The van der Waals surface area contributed by atoms with Crippen molar-refractivity contribution in [2.75, 3.05) is 4.90 Å². The van der Waals surface area contributed by atoms with Crippen LogP contribution in [0.5, 0.6) is 5.88 Å². The number of fused-ring (bicyclic) bond motifs is 2. The molecule has 110 valence electrons. The summed E-state index contributed by atoms with van der Waals surface area (Å²) < 4.78 is 5.73. The van der Waals surface area contributed by atoms with Crippen molar-refractivity contribution in [1.82, 2.24) is 9.97 Å². The molecule has 0 radical (unpaired) electrons. The van der Waals surface area contributed by atoms with Gasteiger partial charge in [-0.3, -0.25) is 0 Å². The van der Waals surface area contributed by atoms with Crippen LogP contribution < -0.4 is 9.64 Å². The van der Waals surface area contributed by atoms with Gasteiger partial charge in [0.25, 0.3) is 0 Å². The Kier molecular flexibility index (Phi) is 3.76. The molecule has 5 heteroatoms. The maximum Gasteiger partial charge on any atom is 0.229 e. The monoisotopic (exact) mass is 295 g/mol. The summed E-state index contributed by atoms with van der Waals surface area (Å²) >= 11 is 6.34. The lowest BCUT2D eigenvalue weighted by molar-refractivity contribution is 0.232. The smallest absolute Gasteiger partial charge is 0.229 e. The van der Waals surface area contributed by atoms with E-state index in [1.807, 2.05) is 26.8 Å². The van der Waals surface area contributed by atoms with E-state index >= 15 is 0 Å². The molecule has 2 aliphatic rings. The van der Waals surface area contributed by atoms with E-state index in [2.05, 4.69) is 14.9 Å². The van der Waals surface area contributed by atoms with Crippen molar-refractivity contribution >= 4 is 17.5 Å². The van der Waals surface area contributed by atoms with Crippen LogP contribution in [0.25, 0.3) is 0 Å². The van der Waals surface area contributed by atoms with Gasteiger partial charge in [0, 0.05) is 29.2 Å². The van der Waals surface area contributed by atoms with Crippen LogP contribution in [0.2, 0.25) is 0 Å². The van der Waals surface area contributed by atoms with Crippen molar-refractivity contribution in [1.29, 1.82) is 0 Å². The Balaban J connectivity index is 1.88. The number of hydrogen-bond donors (Lipinski definition) is 0. The molecule has 4 nitrogen and oxygen atoms in total. The highest BCUT2D eigenvalue weighted by atomic mass is 35.5. The zero-order chi connectivity index (χ0) is 14.3. The molecule has 0 spiro atoms. The molecular formula is C15H22ClN3O. The van der Waals surface area contributed by atoms with E-state index in [-0.39, 0.29) is 6.10 Å².